The summed E-state index contributed by atoms with van der Waals surface area (Å²) in [5.41, 5.74) is 0.702. The summed E-state index contributed by atoms with van der Waals surface area (Å²) in [6, 6.07) is 18.6. The monoisotopic (exact) mass is 298 g/mol. The molecular formula is C18H22N2O2. The molecule has 116 valence electrons. The number of carbonyl (C=O) groups excluding carboxylic acids is 1. The van der Waals surface area contributed by atoms with Crippen LogP contribution in [0.4, 0.5) is 4.79 Å². The van der Waals surface area contributed by atoms with Crippen LogP contribution in [0.1, 0.15) is 31.0 Å². The van der Waals surface area contributed by atoms with Crippen molar-refractivity contribution in [2.75, 3.05) is 6.54 Å². The van der Waals surface area contributed by atoms with Gasteiger partial charge in [0.25, 0.3) is 0 Å². The maximum absolute atomic E-state index is 12.0. The molecule has 22 heavy (non-hydrogen) atoms. The predicted octanol–water partition coefficient (Wildman–Crippen LogP) is 2.95. The predicted molar refractivity (Wildman–Crippen MR) is 87.4 cm³/mol. The number of amides is 2. The molecule has 0 aromatic heterocycles. The summed E-state index contributed by atoms with van der Waals surface area (Å²) in [6.07, 6.45) is 0. The smallest absolute Gasteiger partial charge is 0.315 e. The lowest BCUT2D eigenvalue weighted by Gasteiger charge is -2.25. The zero-order valence-corrected chi connectivity index (χ0v) is 12.9. The van der Waals surface area contributed by atoms with Crippen LogP contribution in [-0.2, 0) is 5.60 Å². The van der Waals surface area contributed by atoms with Crippen molar-refractivity contribution < 1.29 is 9.90 Å². The lowest BCUT2D eigenvalue weighted by molar-refractivity contribution is 0.0593. The minimum Gasteiger partial charge on any atom is -0.384 e. The second-order valence-electron chi connectivity index (χ2n) is 5.60. The molecule has 4 nitrogen and oxygen atoms in total. The van der Waals surface area contributed by atoms with E-state index in [1.165, 1.54) is 0 Å². The lowest BCUT2D eigenvalue weighted by Crippen LogP contribution is -2.44. The maximum Gasteiger partial charge on any atom is 0.315 e. The van der Waals surface area contributed by atoms with Crippen molar-refractivity contribution in [1.29, 1.82) is 0 Å². The molecule has 0 aliphatic rings. The average Bonchev–Trinajstić information content (AvgIpc) is 2.55. The number of nitrogens with one attached hydrogen (secondary N) is 2. The second-order valence-corrected chi connectivity index (χ2v) is 5.60. The molecule has 0 saturated heterocycles. The number of hydrogen-bond acceptors (Lipinski definition) is 2. The Morgan fingerprint density at radius 2 is 1.64 bits per heavy atom. The summed E-state index contributed by atoms with van der Waals surface area (Å²) in [4.78, 5) is 12.0. The number of carbonyl (C=O) groups is 1. The van der Waals surface area contributed by atoms with Crippen molar-refractivity contribution in [2.45, 2.75) is 25.5 Å². The molecule has 0 aliphatic carbocycles. The summed E-state index contributed by atoms with van der Waals surface area (Å²) < 4.78 is 0. The first-order chi connectivity index (χ1) is 10.5. The van der Waals surface area contributed by atoms with Crippen LogP contribution in [0.25, 0.3) is 0 Å². The highest BCUT2D eigenvalue weighted by Gasteiger charge is 2.23. The molecule has 0 spiro atoms. The van der Waals surface area contributed by atoms with Gasteiger partial charge in [0, 0.05) is 0 Å². The third-order valence-electron chi connectivity index (χ3n) is 3.64. The van der Waals surface area contributed by atoms with Crippen molar-refractivity contribution >= 4 is 6.03 Å². The fourth-order valence-corrected chi connectivity index (χ4v) is 2.22. The minimum absolute atomic E-state index is 0.0946. The largest absolute Gasteiger partial charge is 0.384 e. The molecule has 0 saturated carbocycles. The number of aliphatic hydroxyl groups is 1. The highest BCUT2D eigenvalue weighted by Crippen LogP contribution is 2.19. The zero-order chi connectivity index (χ0) is 16.0. The van der Waals surface area contributed by atoms with E-state index < -0.39 is 5.60 Å². The van der Waals surface area contributed by atoms with E-state index in [9.17, 15) is 9.90 Å². The van der Waals surface area contributed by atoms with E-state index in [0.29, 0.717) is 0 Å². The van der Waals surface area contributed by atoms with Crippen LogP contribution in [0, 0.1) is 0 Å². The van der Waals surface area contributed by atoms with E-state index in [1.54, 1.807) is 6.92 Å². The van der Waals surface area contributed by atoms with E-state index >= 15 is 0 Å². The van der Waals surface area contributed by atoms with Gasteiger partial charge in [-0.25, -0.2) is 4.79 Å². The van der Waals surface area contributed by atoms with Gasteiger partial charge in [0.05, 0.1) is 12.6 Å². The maximum atomic E-state index is 12.0. The van der Waals surface area contributed by atoms with Gasteiger partial charge < -0.3 is 15.7 Å². The summed E-state index contributed by atoms with van der Waals surface area (Å²) in [5.74, 6) is 0. The minimum atomic E-state index is -1.10. The molecule has 2 amide bonds. The zero-order valence-electron chi connectivity index (χ0n) is 12.9. The summed E-state index contributed by atoms with van der Waals surface area (Å²) >= 11 is 0. The SMILES string of the molecule is C[C@@H](NC(=O)NC[C@@](C)(O)c1ccccc1)c1ccccc1. The first kappa shape index (κ1) is 16.0. The molecule has 0 heterocycles. The van der Waals surface area contributed by atoms with Gasteiger partial charge in [-0.1, -0.05) is 60.7 Å². The third-order valence-corrected chi connectivity index (χ3v) is 3.64. The van der Waals surface area contributed by atoms with E-state index in [-0.39, 0.29) is 18.6 Å². The van der Waals surface area contributed by atoms with E-state index in [1.807, 2.05) is 67.6 Å². The average molecular weight is 298 g/mol. The van der Waals surface area contributed by atoms with Crippen LogP contribution in [0.3, 0.4) is 0 Å². The Bertz CT molecular complexity index is 597. The fourth-order valence-electron chi connectivity index (χ4n) is 2.22. The van der Waals surface area contributed by atoms with Crippen LogP contribution in [0.15, 0.2) is 60.7 Å². The first-order valence-electron chi connectivity index (χ1n) is 7.36. The topological polar surface area (TPSA) is 61.4 Å². The summed E-state index contributed by atoms with van der Waals surface area (Å²) in [6.45, 7) is 3.75. The van der Waals surface area contributed by atoms with Crippen molar-refractivity contribution in [3.8, 4) is 0 Å². The summed E-state index contributed by atoms with van der Waals surface area (Å²) in [5, 5.41) is 16.0. The number of urea groups is 1. The van der Waals surface area contributed by atoms with Gasteiger partial charge in [-0.3, -0.25) is 0 Å². The Morgan fingerprint density at radius 3 is 2.23 bits per heavy atom. The third kappa shape index (κ3) is 4.33. The van der Waals surface area contributed by atoms with Gasteiger partial charge in [-0.2, -0.15) is 0 Å². The molecule has 0 bridgehead atoms. The van der Waals surface area contributed by atoms with Gasteiger partial charge in [0.1, 0.15) is 5.60 Å². The Kier molecular flexibility index (Phi) is 5.17. The van der Waals surface area contributed by atoms with Gasteiger partial charge in [0.15, 0.2) is 0 Å². The normalized spacial score (nSPS) is 14.7. The van der Waals surface area contributed by atoms with E-state index in [4.69, 9.17) is 0 Å². The second kappa shape index (κ2) is 7.09. The first-order valence-corrected chi connectivity index (χ1v) is 7.36. The molecule has 2 atom stereocenters. The van der Waals surface area contributed by atoms with E-state index in [2.05, 4.69) is 10.6 Å². The van der Waals surface area contributed by atoms with Gasteiger partial charge in [-0.05, 0) is 25.0 Å². The molecule has 2 aromatic carbocycles. The quantitative estimate of drug-likeness (QED) is 0.795. The fraction of sp³-hybridized carbons (Fsp3) is 0.278. The Morgan fingerprint density at radius 1 is 1.09 bits per heavy atom. The molecular weight excluding hydrogens is 276 g/mol. The van der Waals surface area contributed by atoms with E-state index in [0.717, 1.165) is 11.1 Å². The van der Waals surface area contributed by atoms with Crippen molar-refractivity contribution in [3.63, 3.8) is 0 Å². The highest BCUT2D eigenvalue weighted by atomic mass is 16.3. The Hall–Kier alpha value is -2.33. The molecule has 0 fully saturated rings. The number of rotatable bonds is 5. The Balaban J connectivity index is 1.88. The highest BCUT2D eigenvalue weighted by molar-refractivity contribution is 5.74. The molecule has 2 rings (SSSR count). The van der Waals surface area contributed by atoms with Crippen LogP contribution >= 0.6 is 0 Å². The van der Waals surface area contributed by atoms with Gasteiger partial charge >= 0.3 is 6.03 Å². The van der Waals surface area contributed by atoms with Crippen molar-refractivity contribution in [1.82, 2.24) is 10.6 Å². The Labute approximate surface area is 131 Å². The van der Waals surface area contributed by atoms with Crippen LogP contribution in [-0.4, -0.2) is 17.7 Å². The summed E-state index contributed by atoms with van der Waals surface area (Å²) in [7, 11) is 0. The van der Waals surface area contributed by atoms with Gasteiger partial charge in [-0.15, -0.1) is 0 Å². The molecule has 0 radical (unpaired) electrons. The molecule has 0 aliphatic heterocycles. The standard InChI is InChI=1S/C18H22N2O2/c1-14(15-9-5-3-6-10-15)20-17(21)19-13-18(2,22)16-11-7-4-8-12-16/h3-12,14,22H,13H2,1-2H3,(H2,19,20,21)/t14-,18-/m1/s1. The lowest BCUT2D eigenvalue weighted by atomic mass is 9.96. The van der Waals surface area contributed by atoms with Crippen molar-refractivity contribution in [2.24, 2.45) is 0 Å². The van der Waals surface area contributed by atoms with Gasteiger partial charge in [0.2, 0.25) is 0 Å². The van der Waals surface area contributed by atoms with Crippen LogP contribution in [0.5, 0.6) is 0 Å². The molecule has 0 unspecified atom stereocenters. The molecule has 3 N–H and O–H groups in total. The van der Waals surface area contributed by atoms with Crippen molar-refractivity contribution in [3.05, 3.63) is 71.8 Å². The number of benzene rings is 2. The number of hydrogen-bond donors (Lipinski definition) is 3. The molecule has 4 heteroatoms. The van der Waals surface area contributed by atoms with Crippen LogP contribution in [0.2, 0.25) is 0 Å². The molecule has 2 aromatic rings. The van der Waals surface area contributed by atoms with Crippen LogP contribution < -0.4 is 10.6 Å².